The number of nitrogens with zero attached hydrogens (tertiary/aromatic N) is 1. The van der Waals surface area contributed by atoms with E-state index in [2.05, 4.69) is 19.2 Å². The molecule has 2 unspecified atom stereocenters. The van der Waals surface area contributed by atoms with Gasteiger partial charge in [-0.25, -0.2) is 9.69 Å². The first-order valence-corrected chi connectivity index (χ1v) is 10.9. The lowest BCUT2D eigenvalue weighted by molar-refractivity contribution is -0.121. The number of hydrogen-bond donors (Lipinski definition) is 1. The summed E-state index contributed by atoms with van der Waals surface area (Å²) in [6, 6.07) is 12.1. The van der Waals surface area contributed by atoms with Gasteiger partial charge in [0.25, 0.3) is 5.91 Å². The topological polar surface area (TPSA) is 102 Å². The molecule has 8 heteroatoms. The van der Waals surface area contributed by atoms with Crippen LogP contribution in [0.5, 0.6) is 5.75 Å². The molecule has 0 saturated carbocycles. The second-order valence-electron chi connectivity index (χ2n) is 7.99. The monoisotopic (exact) mass is 452 g/mol. The van der Waals surface area contributed by atoms with Crippen molar-refractivity contribution in [1.82, 2.24) is 5.32 Å². The van der Waals surface area contributed by atoms with Crippen molar-refractivity contribution in [3.8, 4) is 5.75 Å². The van der Waals surface area contributed by atoms with Crippen molar-refractivity contribution in [2.24, 2.45) is 5.92 Å². The zero-order chi connectivity index (χ0) is 24.0. The number of imide groups is 1. The number of hydrogen-bond acceptors (Lipinski definition) is 7. The number of anilines is 1. The highest BCUT2D eigenvalue weighted by atomic mass is 16.5. The molecule has 1 aliphatic rings. The molecule has 0 spiro atoms. The fraction of sp³-hybridized carbons (Fsp3) is 0.360. The molecule has 33 heavy (non-hydrogen) atoms. The number of para-hydroxylation sites is 1. The van der Waals surface area contributed by atoms with Crippen LogP contribution < -0.4 is 15.0 Å². The first-order chi connectivity index (χ1) is 15.8. The van der Waals surface area contributed by atoms with E-state index in [-0.39, 0.29) is 29.6 Å². The quantitative estimate of drug-likeness (QED) is 0.336. The smallest absolute Gasteiger partial charge is 0.338 e. The summed E-state index contributed by atoms with van der Waals surface area (Å²) in [6.07, 6.45) is 1.08. The molecule has 2 amide bonds. The number of methoxy groups -OCH3 is 1. The van der Waals surface area contributed by atoms with Gasteiger partial charge in [0.2, 0.25) is 11.7 Å². The van der Waals surface area contributed by atoms with E-state index in [1.807, 2.05) is 0 Å². The highest BCUT2D eigenvalue weighted by molar-refractivity contribution is 6.22. The summed E-state index contributed by atoms with van der Waals surface area (Å²) in [6.45, 7) is 4.37. The van der Waals surface area contributed by atoms with Crippen molar-refractivity contribution in [2.45, 2.75) is 32.7 Å². The van der Waals surface area contributed by atoms with Gasteiger partial charge in [0, 0.05) is 0 Å². The number of ether oxygens (including phenoxy) is 2. The summed E-state index contributed by atoms with van der Waals surface area (Å²) < 4.78 is 10.3. The van der Waals surface area contributed by atoms with Gasteiger partial charge in [-0.15, -0.1) is 0 Å². The molecule has 2 atom stereocenters. The van der Waals surface area contributed by atoms with Crippen molar-refractivity contribution >= 4 is 29.3 Å². The Labute approximate surface area is 192 Å². The maximum Gasteiger partial charge on any atom is 0.338 e. The van der Waals surface area contributed by atoms with Gasteiger partial charge in [-0.3, -0.25) is 14.4 Å². The molecule has 2 aromatic rings. The Balaban J connectivity index is 1.60. The molecular formula is C25H28N2O6. The Morgan fingerprint density at radius 2 is 1.82 bits per heavy atom. The third kappa shape index (κ3) is 5.64. The lowest BCUT2D eigenvalue weighted by Crippen LogP contribution is -2.40. The van der Waals surface area contributed by atoms with E-state index in [4.69, 9.17) is 9.47 Å². The Hall–Kier alpha value is -3.52. The first-order valence-electron chi connectivity index (χ1n) is 10.9. The molecule has 0 radical (unpaired) electrons. The number of carbonyl (C=O) groups excluding carboxylic acids is 4. The van der Waals surface area contributed by atoms with Gasteiger partial charge in [0.05, 0.1) is 36.4 Å². The van der Waals surface area contributed by atoms with Crippen LogP contribution in [-0.2, 0) is 14.3 Å². The van der Waals surface area contributed by atoms with Gasteiger partial charge in [-0.2, -0.15) is 0 Å². The fourth-order valence-corrected chi connectivity index (χ4v) is 3.46. The maximum absolute atomic E-state index is 12.7. The lowest BCUT2D eigenvalue weighted by Gasteiger charge is -2.17. The molecule has 174 valence electrons. The molecule has 1 heterocycles. The molecule has 1 saturated heterocycles. The summed E-state index contributed by atoms with van der Waals surface area (Å²) >= 11 is 0. The number of benzene rings is 2. The number of esters is 1. The maximum atomic E-state index is 12.7. The molecular weight excluding hydrogens is 424 g/mol. The SMILES string of the molecule is CCC(C)CNC1CC(=O)N(c2ccc(C(=O)OCC(=O)c3ccccc3OC)cc2)C1=O. The predicted molar refractivity (Wildman–Crippen MR) is 122 cm³/mol. The van der Waals surface area contributed by atoms with Gasteiger partial charge in [-0.05, 0) is 48.9 Å². The molecule has 2 aromatic carbocycles. The Bertz CT molecular complexity index is 1030. The second kappa shape index (κ2) is 10.9. The molecule has 3 rings (SSSR count). The van der Waals surface area contributed by atoms with Crippen molar-refractivity contribution in [1.29, 1.82) is 0 Å². The predicted octanol–water partition coefficient (Wildman–Crippen LogP) is 3.00. The summed E-state index contributed by atoms with van der Waals surface area (Å²) in [5, 5.41) is 3.16. The lowest BCUT2D eigenvalue weighted by atomic mass is 10.1. The molecule has 1 aliphatic heterocycles. The number of Topliss-reactive ketones (excluding diaryl/α,β-unsaturated/α-hetero) is 1. The van der Waals surface area contributed by atoms with Crippen LogP contribution in [0.25, 0.3) is 0 Å². The van der Waals surface area contributed by atoms with Crippen LogP contribution in [-0.4, -0.2) is 49.9 Å². The van der Waals surface area contributed by atoms with Crippen LogP contribution in [0.4, 0.5) is 5.69 Å². The van der Waals surface area contributed by atoms with Crippen molar-refractivity contribution in [3.05, 3.63) is 59.7 Å². The van der Waals surface area contributed by atoms with Gasteiger partial charge in [-0.1, -0.05) is 32.4 Å². The van der Waals surface area contributed by atoms with Crippen LogP contribution in [0, 0.1) is 5.92 Å². The number of nitrogens with one attached hydrogen (secondary N) is 1. The highest BCUT2D eigenvalue weighted by Gasteiger charge is 2.39. The normalized spacial score (nSPS) is 16.6. The molecule has 0 aliphatic carbocycles. The number of ketones is 1. The Kier molecular flexibility index (Phi) is 7.95. The largest absolute Gasteiger partial charge is 0.496 e. The van der Waals surface area contributed by atoms with E-state index < -0.39 is 18.6 Å². The minimum atomic E-state index is -0.683. The standard InChI is InChI=1S/C25H28N2O6/c1-4-16(2)14-26-20-13-23(29)27(24(20)30)18-11-9-17(10-12-18)25(31)33-15-21(28)19-7-5-6-8-22(19)32-3/h5-12,16,20,26H,4,13-15H2,1-3H3. The summed E-state index contributed by atoms with van der Waals surface area (Å²) in [7, 11) is 1.46. The number of carbonyl (C=O) groups is 4. The van der Waals surface area contributed by atoms with Gasteiger partial charge < -0.3 is 14.8 Å². The van der Waals surface area contributed by atoms with Crippen molar-refractivity contribution in [2.75, 3.05) is 25.2 Å². The van der Waals surface area contributed by atoms with Gasteiger partial charge in [0.15, 0.2) is 6.61 Å². The average Bonchev–Trinajstić information content (AvgIpc) is 3.13. The van der Waals surface area contributed by atoms with E-state index >= 15 is 0 Å². The van der Waals surface area contributed by atoms with E-state index in [1.165, 1.54) is 31.4 Å². The third-order valence-corrected chi connectivity index (χ3v) is 5.66. The second-order valence-corrected chi connectivity index (χ2v) is 7.99. The molecule has 1 fully saturated rings. The summed E-state index contributed by atoms with van der Waals surface area (Å²) in [5.41, 5.74) is 0.919. The van der Waals surface area contributed by atoms with E-state index in [1.54, 1.807) is 24.3 Å². The van der Waals surface area contributed by atoms with Crippen LogP contribution in [0.2, 0.25) is 0 Å². The van der Waals surface area contributed by atoms with E-state index in [0.717, 1.165) is 11.3 Å². The highest BCUT2D eigenvalue weighted by Crippen LogP contribution is 2.24. The van der Waals surface area contributed by atoms with Crippen LogP contribution in [0.15, 0.2) is 48.5 Å². The first kappa shape index (κ1) is 24.1. The van der Waals surface area contributed by atoms with Crippen molar-refractivity contribution < 1.29 is 28.7 Å². The van der Waals surface area contributed by atoms with Crippen LogP contribution >= 0.6 is 0 Å². The van der Waals surface area contributed by atoms with Gasteiger partial charge in [0.1, 0.15) is 5.75 Å². The minimum absolute atomic E-state index is 0.101. The van der Waals surface area contributed by atoms with Crippen LogP contribution in [0.3, 0.4) is 0 Å². The zero-order valence-electron chi connectivity index (χ0n) is 19.0. The Morgan fingerprint density at radius 3 is 2.48 bits per heavy atom. The molecule has 0 aromatic heterocycles. The van der Waals surface area contributed by atoms with E-state index in [0.29, 0.717) is 29.5 Å². The third-order valence-electron chi connectivity index (χ3n) is 5.66. The van der Waals surface area contributed by atoms with Gasteiger partial charge >= 0.3 is 5.97 Å². The number of rotatable bonds is 10. The average molecular weight is 453 g/mol. The minimum Gasteiger partial charge on any atom is -0.496 e. The zero-order valence-corrected chi connectivity index (χ0v) is 19.0. The molecule has 8 nitrogen and oxygen atoms in total. The number of amides is 2. The van der Waals surface area contributed by atoms with E-state index in [9.17, 15) is 19.2 Å². The summed E-state index contributed by atoms with van der Waals surface area (Å²) in [5.74, 6) is -0.860. The molecule has 0 bridgehead atoms. The Morgan fingerprint density at radius 1 is 1.12 bits per heavy atom. The molecule has 1 N–H and O–H groups in total. The fourth-order valence-electron chi connectivity index (χ4n) is 3.46. The summed E-state index contributed by atoms with van der Waals surface area (Å²) in [4.78, 5) is 51.0. The van der Waals surface area contributed by atoms with Crippen LogP contribution in [0.1, 0.15) is 47.4 Å². The van der Waals surface area contributed by atoms with Crippen molar-refractivity contribution in [3.63, 3.8) is 0 Å².